The molecule has 1 atom stereocenters. The van der Waals surface area contributed by atoms with Gasteiger partial charge in [0.05, 0.1) is 0 Å². The molecule has 0 amide bonds. The van der Waals surface area contributed by atoms with Gasteiger partial charge in [-0.1, -0.05) is 24.3 Å². The van der Waals surface area contributed by atoms with Gasteiger partial charge >= 0.3 is 0 Å². The van der Waals surface area contributed by atoms with E-state index in [4.69, 9.17) is 0 Å². The Labute approximate surface area is 120 Å². The van der Waals surface area contributed by atoms with Crippen molar-refractivity contribution < 1.29 is 4.39 Å². The number of para-hydroxylation sites is 1. The second kappa shape index (κ2) is 6.53. The fourth-order valence-electron chi connectivity index (χ4n) is 2.39. The molecule has 2 aromatic rings. The van der Waals surface area contributed by atoms with E-state index in [9.17, 15) is 4.39 Å². The molecule has 0 saturated carbocycles. The van der Waals surface area contributed by atoms with Crippen molar-refractivity contribution in [1.82, 2.24) is 5.32 Å². The first-order valence-electron chi connectivity index (χ1n) is 6.96. The van der Waals surface area contributed by atoms with Gasteiger partial charge in [-0.05, 0) is 50.7 Å². The smallest absolute Gasteiger partial charge is 0.125 e. The summed E-state index contributed by atoms with van der Waals surface area (Å²) in [5, 5.41) is 3.26. The largest absolute Gasteiger partial charge is 0.341 e. The van der Waals surface area contributed by atoms with Gasteiger partial charge in [0.1, 0.15) is 5.82 Å². The van der Waals surface area contributed by atoms with E-state index in [1.165, 1.54) is 11.6 Å². The molecule has 0 radical (unpaired) electrons. The molecule has 1 N–H and O–H groups in total. The van der Waals surface area contributed by atoms with E-state index in [1.807, 2.05) is 25.2 Å². The van der Waals surface area contributed by atoms with Crippen molar-refractivity contribution in [1.29, 1.82) is 0 Å². The molecule has 20 heavy (non-hydrogen) atoms. The van der Waals surface area contributed by atoms with Crippen LogP contribution in [0.1, 0.15) is 25.5 Å². The Hall–Kier alpha value is -1.87. The molecule has 3 heteroatoms. The standard InChI is InChI=1S/C17H21FN2/c1-4-20(15-9-7-8-14(18)12-15)17-11-6-5-10-16(17)13(2)19-3/h5-13,19H,4H2,1-3H3. The van der Waals surface area contributed by atoms with Crippen molar-refractivity contribution in [3.05, 3.63) is 59.9 Å². The Morgan fingerprint density at radius 1 is 1.15 bits per heavy atom. The van der Waals surface area contributed by atoms with Crippen LogP contribution in [0.5, 0.6) is 0 Å². The van der Waals surface area contributed by atoms with Crippen LogP contribution in [0.3, 0.4) is 0 Å². The molecule has 0 saturated heterocycles. The monoisotopic (exact) mass is 272 g/mol. The van der Waals surface area contributed by atoms with E-state index in [0.29, 0.717) is 0 Å². The Morgan fingerprint density at radius 2 is 1.90 bits per heavy atom. The lowest BCUT2D eigenvalue weighted by atomic mass is 10.0. The molecule has 0 bridgehead atoms. The fourth-order valence-corrected chi connectivity index (χ4v) is 2.39. The van der Waals surface area contributed by atoms with Gasteiger partial charge in [0.25, 0.3) is 0 Å². The molecule has 0 spiro atoms. The summed E-state index contributed by atoms with van der Waals surface area (Å²) in [6.45, 7) is 4.99. The van der Waals surface area contributed by atoms with Gasteiger partial charge in [0, 0.05) is 24.0 Å². The summed E-state index contributed by atoms with van der Waals surface area (Å²) in [6, 6.07) is 15.2. The number of hydrogen-bond acceptors (Lipinski definition) is 2. The molecule has 106 valence electrons. The van der Waals surface area contributed by atoms with E-state index < -0.39 is 0 Å². The predicted octanol–water partition coefficient (Wildman–Crippen LogP) is 4.26. The number of nitrogens with one attached hydrogen (secondary N) is 1. The van der Waals surface area contributed by atoms with Gasteiger partial charge in [-0.3, -0.25) is 0 Å². The molecule has 0 fully saturated rings. The molecule has 0 heterocycles. The quantitative estimate of drug-likeness (QED) is 0.874. The van der Waals surface area contributed by atoms with Crippen molar-refractivity contribution in [2.24, 2.45) is 0 Å². The summed E-state index contributed by atoms with van der Waals surface area (Å²) >= 11 is 0. The summed E-state index contributed by atoms with van der Waals surface area (Å²) in [6.07, 6.45) is 0. The highest BCUT2D eigenvalue weighted by Gasteiger charge is 2.15. The summed E-state index contributed by atoms with van der Waals surface area (Å²) < 4.78 is 13.5. The summed E-state index contributed by atoms with van der Waals surface area (Å²) in [4.78, 5) is 2.13. The first-order chi connectivity index (χ1) is 9.67. The summed E-state index contributed by atoms with van der Waals surface area (Å²) in [5.41, 5.74) is 3.20. The number of halogens is 1. The third-order valence-corrected chi connectivity index (χ3v) is 3.56. The van der Waals surface area contributed by atoms with Gasteiger partial charge in [-0.25, -0.2) is 4.39 Å². The Bertz CT molecular complexity index is 568. The van der Waals surface area contributed by atoms with Gasteiger partial charge in [-0.2, -0.15) is 0 Å². The number of anilines is 2. The summed E-state index contributed by atoms with van der Waals surface area (Å²) in [7, 11) is 1.94. The molecular formula is C17H21FN2. The van der Waals surface area contributed by atoms with Crippen molar-refractivity contribution in [2.75, 3.05) is 18.5 Å². The minimum Gasteiger partial charge on any atom is -0.341 e. The maximum Gasteiger partial charge on any atom is 0.125 e. The Balaban J connectivity index is 2.47. The molecule has 1 unspecified atom stereocenters. The maximum absolute atomic E-state index is 13.5. The Morgan fingerprint density at radius 3 is 2.55 bits per heavy atom. The molecule has 2 nitrogen and oxygen atoms in total. The number of nitrogens with zero attached hydrogens (tertiary/aromatic N) is 1. The van der Waals surface area contributed by atoms with Crippen LogP contribution >= 0.6 is 0 Å². The third-order valence-electron chi connectivity index (χ3n) is 3.56. The first kappa shape index (κ1) is 14.5. The van der Waals surface area contributed by atoms with Crippen LogP contribution in [-0.4, -0.2) is 13.6 Å². The maximum atomic E-state index is 13.5. The van der Waals surface area contributed by atoms with Crippen LogP contribution in [0.25, 0.3) is 0 Å². The van der Waals surface area contributed by atoms with Gasteiger partial charge in [-0.15, -0.1) is 0 Å². The van der Waals surface area contributed by atoms with E-state index in [-0.39, 0.29) is 11.9 Å². The Kier molecular flexibility index (Phi) is 4.74. The molecule has 0 aliphatic heterocycles. The van der Waals surface area contributed by atoms with Gasteiger partial charge < -0.3 is 10.2 Å². The predicted molar refractivity (Wildman–Crippen MR) is 83.0 cm³/mol. The normalized spacial score (nSPS) is 12.2. The molecule has 2 rings (SSSR count). The van der Waals surface area contributed by atoms with E-state index in [0.717, 1.165) is 17.9 Å². The van der Waals surface area contributed by atoms with Crippen LogP contribution in [0.2, 0.25) is 0 Å². The average molecular weight is 272 g/mol. The number of hydrogen-bond donors (Lipinski definition) is 1. The molecule has 0 aliphatic carbocycles. The minimum atomic E-state index is -0.208. The lowest BCUT2D eigenvalue weighted by Crippen LogP contribution is -2.21. The second-order valence-electron chi connectivity index (χ2n) is 4.79. The molecule has 0 aliphatic rings. The molecule has 2 aromatic carbocycles. The minimum absolute atomic E-state index is 0.208. The van der Waals surface area contributed by atoms with Crippen molar-refractivity contribution in [3.8, 4) is 0 Å². The summed E-state index contributed by atoms with van der Waals surface area (Å²) in [5.74, 6) is -0.208. The van der Waals surface area contributed by atoms with Crippen molar-refractivity contribution >= 4 is 11.4 Å². The highest BCUT2D eigenvalue weighted by atomic mass is 19.1. The van der Waals surface area contributed by atoms with Crippen LogP contribution < -0.4 is 10.2 Å². The van der Waals surface area contributed by atoms with Crippen molar-refractivity contribution in [3.63, 3.8) is 0 Å². The SMILES string of the molecule is CCN(c1cccc(F)c1)c1ccccc1C(C)NC. The highest BCUT2D eigenvalue weighted by Crippen LogP contribution is 2.31. The van der Waals surface area contributed by atoms with Crippen molar-refractivity contribution in [2.45, 2.75) is 19.9 Å². The lowest BCUT2D eigenvalue weighted by Gasteiger charge is -2.28. The van der Waals surface area contributed by atoms with Crippen LogP contribution in [0.4, 0.5) is 15.8 Å². The fraction of sp³-hybridized carbons (Fsp3) is 0.294. The van der Waals surface area contributed by atoms with Crippen LogP contribution in [0, 0.1) is 5.82 Å². The topological polar surface area (TPSA) is 15.3 Å². The number of benzene rings is 2. The first-order valence-corrected chi connectivity index (χ1v) is 6.96. The van der Waals surface area contributed by atoms with Crippen LogP contribution in [-0.2, 0) is 0 Å². The molecule has 0 aromatic heterocycles. The van der Waals surface area contributed by atoms with Gasteiger partial charge in [0.2, 0.25) is 0 Å². The zero-order valence-electron chi connectivity index (χ0n) is 12.2. The van der Waals surface area contributed by atoms with Gasteiger partial charge in [0.15, 0.2) is 0 Å². The number of rotatable bonds is 5. The van der Waals surface area contributed by atoms with E-state index in [1.54, 1.807) is 12.1 Å². The van der Waals surface area contributed by atoms with Crippen LogP contribution in [0.15, 0.2) is 48.5 Å². The third kappa shape index (κ3) is 2.99. The highest BCUT2D eigenvalue weighted by molar-refractivity contribution is 5.67. The lowest BCUT2D eigenvalue weighted by molar-refractivity contribution is 0.627. The second-order valence-corrected chi connectivity index (χ2v) is 4.79. The van der Waals surface area contributed by atoms with E-state index in [2.05, 4.69) is 36.2 Å². The average Bonchev–Trinajstić information content (AvgIpc) is 2.48. The van der Waals surface area contributed by atoms with E-state index >= 15 is 0 Å². The zero-order chi connectivity index (χ0) is 14.5. The zero-order valence-corrected chi connectivity index (χ0v) is 12.2. The molecular weight excluding hydrogens is 251 g/mol.